The van der Waals surface area contributed by atoms with Crippen molar-refractivity contribution in [1.82, 2.24) is 29.1 Å². The van der Waals surface area contributed by atoms with Crippen molar-refractivity contribution >= 4 is 22.6 Å². The number of fused-ring (bicyclic) bond motifs is 1. The molecule has 4 heterocycles. The molecule has 2 bridgehead atoms. The van der Waals surface area contributed by atoms with Crippen LogP contribution in [0.2, 0.25) is 0 Å². The Morgan fingerprint density at radius 2 is 2.20 bits per heavy atom. The van der Waals surface area contributed by atoms with E-state index in [0.717, 1.165) is 12.8 Å². The number of ether oxygens (including phenoxy) is 1. The number of amides is 1. The third-order valence-corrected chi connectivity index (χ3v) is 7.56. The topological polar surface area (TPSA) is 158 Å². The second-order valence-corrected chi connectivity index (χ2v) is 10.0. The molecule has 1 amide bonds. The third kappa shape index (κ3) is 4.33. The van der Waals surface area contributed by atoms with Crippen molar-refractivity contribution in [1.29, 1.82) is 0 Å². The molecule has 4 atom stereocenters. The Balaban J connectivity index is 0.000000806. The summed E-state index contributed by atoms with van der Waals surface area (Å²) in [6.07, 6.45) is 2.05. The second kappa shape index (κ2) is 8.57. The Morgan fingerprint density at radius 1 is 1.50 bits per heavy atom. The summed E-state index contributed by atoms with van der Waals surface area (Å²) >= 11 is 0. The number of nitrogens with zero attached hydrogens (tertiary/aromatic N) is 4. The van der Waals surface area contributed by atoms with E-state index in [0.29, 0.717) is 31.3 Å². The smallest absolute Gasteiger partial charge is 0.290 e. The molecule has 0 aromatic carbocycles. The van der Waals surface area contributed by atoms with Crippen molar-refractivity contribution in [2.24, 2.45) is 11.8 Å². The highest BCUT2D eigenvalue weighted by molar-refractivity contribution is 7.87. The number of carboxylic acid groups (broad SMARTS) is 1. The van der Waals surface area contributed by atoms with Gasteiger partial charge in [-0.25, -0.2) is 9.71 Å². The summed E-state index contributed by atoms with van der Waals surface area (Å²) in [5.74, 6) is 1.39. The lowest BCUT2D eigenvalue weighted by Crippen LogP contribution is -2.44. The quantitative estimate of drug-likeness (QED) is 0.460. The minimum absolute atomic E-state index is 0.0163. The fraction of sp³-hybridized carbons (Fsp3) is 0.765. The first-order valence-corrected chi connectivity index (χ1v) is 11.1. The molecule has 3 aliphatic heterocycles. The average molecular weight is 445 g/mol. The van der Waals surface area contributed by atoms with E-state index < -0.39 is 10.2 Å². The molecule has 168 valence electrons. The van der Waals surface area contributed by atoms with Crippen molar-refractivity contribution in [2.75, 3.05) is 33.7 Å². The Hall–Kier alpha value is -2.09. The number of H-pyrrole nitrogens is 1. The number of carbonyl (C=O) groups is 2. The van der Waals surface area contributed by atoms with Gasteiger partial charge in [0.05, 0.1) is 24.7 Å². The van der Waals surface area contributed by atoms with Crippen LogP contribution >= 0.6 is 0 Å². The molecule has 0 unspecified atom stereocenters. The van der Waals surface area contributed by atoms with Gasteiger partial charge in [0, 0.05) is 39.0 Å². The maximum Gasteiger partial charge on any atom is 0.290 e. The molecular weight excluding hydrogens is 416 g/mol. The van der Waals surface area contributed by atoms with E-state index in [-0.39, 0.29) is 42.3 Å². The largest absolute Gasteiger partial charge is 0.483 e. The molecule has 12 nitrogen and oxygen atoms in total. The van der Waals surface area contributed by atoms with Crippen LogP contribution < -0.4 is 4.72 Å². The van der Waals surface area contributed by atoms with Gasteiger partial charge in [0.25, 0.3) is 16.7 Å². The zero-order chi connectivity index (χ0) is 22.1. The molecule has 13 heteroatoms. The molecule has 3 fully saturated rings. The summed E-state index contributed by atoms with van der Waals surface area (Å²) in [5.41, 5.74) is -0.330. The van der Waals surface area contributed by atoms with E-state index in [1.54, 1.807) is 6.92 Å². The van der Waals surface area contributed by atoms with Crippen LogP contribution in [-0.2, 0) is 31.0 Å². The van der Waals surface area contributed by atoms with Crippen molar-refractivity contribution in [3.63, 3.8) is 0 Å². The molecule has 3 saturated heterocycles. The van der Waals surface area contributed by atoms with Gasteiger partial charge in [0.15, 0.2) is 5.82 Å². The molecule has 4 rings (SSSR count). The van der Waals surface area contributed by atoms with Crippen molar-refractivity contribution < 1.29 is 27.9 Å². The predicted octanol–water partition coefficient (Wildman–Crippen LogP) is -1.24. The normalized spacial score (nSPS) is 29.6. The highest BCUT2D eigenvalue weighted by atomic mass is 32.2. The van der Waals surface area contributed by atoms with E-state index in [1.807, 2.05) is 4.90 Å². The van der Waals surface area contributed by atoms with Crippen LogP contribution in [0.4, 0.5) is 0 Å². The van der Waals surface area contributed by atoms with Gasteiger partial charge in [-0.1, -0.05) is 0 Å². The minimum atomic E-state index is -3.47. The number of carbonyl (C=O) groups excluding carboxylic acids is 1. The third-order valence-electron chi connectivity index (χ3n) is 6.07. The zero-order valence-electron chi connectivity index (χ0n) is 17.2. The van der Waals surface area contributed by atoms with Gasteiger partial charge in [0.2, 0.25) is 5.91 Å². The van der Waals surface area contributed by atoms with Crippen LogP contribution in [0.15, 0.2) is 0 Å². The van der Waals surface area contributed by atoms with Gasteiger partial charge >= 0.3 is 0 Å². The Labute approximate surface area is 175 Å². The molecule has 30 heavy (non-hydrogen) atoms. The molecule has 0 aliphatic carbocycles. The maximum atomic E-state index is 12.7. The molecule has 0 saturated carbocycles. The van der Waals surface area contributed by atoms with Crippen LogP contribution in [0.1, 0.15) is 24.5 Å². The highest BCUT2D eigenvalue weighted by Crippen LogP contribution is 2.54. The van der Waals surface area contributed by atoms with Crippen molar-refractivity contribution in [2.45, 2.75) is 37.9 Å². The predicted molar refractivity (Wildman–Crippen MR) is 105 cm³/mol. The first-order chi connectivity index (χ1) is 14.1. The van der Waals surface area contributed by atoms with E-state index in [1.165, 1.54) is 18.4 Å². The number of nitrogens with one attached hydrogen (secondary N) is 2. The van der Waals surface area contributed by atoms with E-state index in [4.69, 9.17) is 14.6 Å². The number of hydrogen-bond donors (Lipinski definition) is 3. The number of likely N-dealkylation sites (tertiary alicyclic amines) is 1. The monoisotopic (exact) mass is 444 g/mol. The Kier molecular flexibility index (Phi) is 6.45. The number of aryl methyl sites for hydroxylation is 1. The minimum Gasteiger partial charge on any atom is -0.483 e. The number of hydrogen-bond acceptors (Lipinski definition) is 7. The van der Waals surface area contributed by atoms with Crippen LogP contribution in [0.3, 0.4) is 0 Å². The molecular formula is C17H28N6O6S. The summed E-state index contributed by atoms with van der Waals surface area (Å²) in [7, 11) is -0.471. The number of rotatable bonds is 6. The molecule has 1 aromatic rings. The van der Waals surface area contributed by atoms with Gasteiger partial charge in [-0.05, 0) is 19.8 Å². The van der Waals surface area contributed by atoms with E-state index in [9.17, 15) is 13.2 Å². The summed E-state index contributed by atoms with van der Waals surface area (Å²) in [6, 6.07) is 0. The highest BCUT2D eigenvalue weighted by Gasteiger charge is 2.63. The summed E-state index contributed by atoms with van der Waals surface area (Å²) in [6.45, 7) is 3.03. The van der Waals surface area contributed by atoms with Crippen LogP contribution in [0.25, 0.3) is 0 Å². The van der Waals surface area contributed by atoms with Crippen molar-refractivity contribution in [3.05, 3.63) is 11.6 Å². The Bertz CT molecular complexity index is 889. The molecule has 1 aromatic heterocycles. The lowest BCUT2D eigenvalue weighted by atomic mass is 9.74. The fourth-order valence-electron chi connectivity index (χ4n) is 4.70. The van der Waals surface area contributed by atoms with Gasteiger partial charge in [0.1, 0.15) is 5.82 Å². The van der Waals surface area contributed by atoms with E-state index >= 15 is 0 Å². The maximum absolute atomic E-state index is 12.7. The SMILES string of the molecule is Cc1nc(CC(=O)N2C[C@@H]3[C@H](CNS(=O)(=O)N(C)C)[C@H]4CC[C@]3(C2)O4)n[nH]1.O=CO. The standard InChI is InChI=1S/C16H26N6O4S.CH2O2/c1-10-18-14(20-19-10)6-15(23)22-8-12-11(7-17-27(24,25)21(2)3)13-4-5-16(12,9-22)26-13;2-1-3/h11-13,17H,4-9H2,1-3H3,(H,18,19,20);1H,(H,2,3)/t11-,12+,13+,16+;/m0./s1. The summed E-state index contributed by atoms with van der Waals surface area (Å²) in [5, 5.41) is 13.7. The fourth-order valence-corrected chi connectivity index (χ4v) is 5.36. The summed E-state index contributed by atoms with van der Waals surface area (Å²) in [4.78, 5) is 27.1. The Morgan fingerprint density at radius 3 is 2.80 bits per heavy atom. The van der Waals surface area contributed by atoms with Gasteiger partial charge in [-0.3, -0.25) is 14.7 Å². The van der Waals surface area contributed by atoms with Gasteiger partial charge < -0.3 is 14.7 Å². The lowest BCUT2D eigenvalue weighted by Gasteiger charge is -2.29. The van der Waals surface area contributed by atoms with Crippen LogP contribution in [-0.4, -0.2) is 95.7 Å². The first kappa shape index (κ1) is 22.6. The first-order valence-electron chi connectivity index (χ1n) is 9.70. The lowest BCUT2D eigenvalue weighted by molar-refractivity contribution is -0.131. The van der Waals surface area contributed by atoms with Gasteiger partial charge in [-0.15, -0.1) is 0 Å². The molecule has 3 aliphatic rings. The number of aromatic amines is 1. The van der Waals surface area contributed by atoms with Gasteiger partial charge in [-0.2, -0.15) is 17.8 Å². The molecule has 1 spiro atoms. The molecule has 3 N–H and O–H groups in total. The summed E-state index contributed by atoms with van der Waals surface area (Å²) < 4.78 is 34.2. The average Bonchev–Trinajstić information content (AvgIpc) is 3.41. The van der Waals surface area contributed by atoms with Crippen LogP contribution in [0.5, 0.6) is 0 Å². The van der Waals surface area contributed by atoms with E-state index in [2.05, 4.69) is 19.9 Å². The molecule has 0 radical (unpaired) electrons. The second-order valence-electron chi connectivity index (χ2n) is 8.06. The zero-order valence-corrected chi connectivity index (χ0v) is 18.1. The number of aromatic nitrogens is 3. The van der Waals surface area contributed by atoms with Crippen LogP contribution in [0, 0.1) is 18.8 Å². The van der Waals surface area contributed by atoms with Crippen molar-refractivity contribution in [3.8, 4) is 0 Å².